The Morgan fingerprint density at radius 3 is 2.86 bits per heavy atom. The second-order valence-electron chi connectivity index (χ2n) is 7.41. The topological polar surface area (TPSA) is 61.2 Å². The quantitative estimate of drug-likeness (QED) is 0.855. The first-order chi connectivity index (χ1) is 10.7. The van der Waals surface area contributed by atoms with Gasteiger partial charge in [0.1, 0.15) is 18.2 Å². The molecule has 6 nitrogen and oxygen atoms in total. The highest BCUT2D eigenvalue weighted by molar-refractivity contribution is 5.02. The number of hydrogen-bond donors (Lipinski definition) is 1. The number of nitrogens with zero attached hydrogens (tertiary/aromatic N) is 3. The molecular weight excluding hydrogens is 280 g/mol. The Hall–Kier alpha value is -0.980. The lowest BCUT2D eigenvalue weighted by Crippen LogP contribution is -2.41. The van der Waals surface area contributed by atoms with Crippen LogP contribution in [0.3, 0.4) is 0 Å². The monoisotopic (exact) mass is 306 g/mol. The fraction of sp³-hybridized carbons (Fsp3) is 0.875. The molecule has 4 rings (SSSR count). The van der Waals surface area contributed by atoms with Crippen LogP contribution < -0.4 is 5.32 Å². The van der Waals surface area contributed by atoms with E-state index in [1.807, 2.05) is 4.68 Å². The lowest BCUT2D eigenvalue weighted by atomic mass is 10.1. The van der Waals surface area contributed by atoms with E-state index in [4.69, 9.17) is 9.47 Å². The number of ether oxygens (including phenoxy) is 2. The largest absolute Gasteiger partial charge is 0.371 e. The predicted molar refractivity (Wildman–Crippen MR) is 81.6 cm³/mol. The van der Waals surface area contributed by atoms with Crippen LogP contribution in [0.25, 0.3) is 0 Å². The molecule has 22 heavy (non-hydrogen) atoms. The van der Waals surface area contributed by atoms with Crippen LogP contribution in [0.15, 0.2) is 6.20 Å². The minimum atomic E-state index is 0.102. The van der Waals surface area contributed by atoms with Gasteiger partial charge in [-0.1, -0.05) is 19.1 Å². The summed E-state index contributed by atoms with van der Waals surface area (Å²) in [5.74, 6) is 1.47. The van der Waals surface area contributed by atoms with E-state index in [0.29, 0.717) is 18.6 Å². The van der Waals surface area contributed by atoms with Crippen molar-refractivity contribution in [2.75, 3.05) is 19.8 Å². The Morgan fingerprint density at radius 2 is 2.09 bits per heavy atom. The van der Waals surface area contributed by atoms with E-state index in [-0.39, 0.29) is 18.2 Å². The Balaban J connectivity index is 1.38. The average molecular weight is 306 g/mol. The smallest absolute Gasteiger partial charge is 0.110 e. The second kappa shape index (κ2) is 5.91. The summed E-state index contributed by atoms with van der Waals surface area (Å²) < 4.78 is 14.0. The van der Waals surface area contributed by atoms with Crippen LogP contribution in [0.5, 0.6) is 0 Å². The molecule has 3 aliphatic rings. The first-order valence-corrected chi connectivity index (χ1v) is 8.58. The van der Waals surface area contributed by atoms with Gasteiger partial charge in [-0.15, -0.1) is 5.10 Å². The van der Waals surface area contributed by atoms with Gasteiger partial charge in [0.25, 0.3) is 0 Å². The Labute approximate surface area is 131 Å². The first kappa shape index (κ1) is 14.6. The van der Waals surface area contributed by atoms with Gasteiger partial charge in [0.2, 0.25) is 0 Å². The molecule has 1 aliphatic carbocycles. The Bertz CT molecular complexity index is 514. The van der Waals surface area contributed by atoms with Gasteiger partial charge in [0.15, 0.2) is 0 Å². The zero-order chi connectivity index (χ0) is 15.1. The van der Waals surface area contributed by atoms with Crippen molar-refractivity contribution in [2.24, 2.45) is 11.8 Å². The van der Waals surface area contributed by atoms with Gasteiger partial charge in [0, 0.05) is 6.20 Å². The molecule has 0 radical (unpaired) electrons. The number of hydrogen-bond acceptors (Lipinski definition) is 5. The van der Waals surface area contributed by atoms with Crippen LogP contribution in [0, 0.1) is 11.8 Å². The van der Waals surface area contributed by atoms with Crippen LogP contribution in [0.4, 0.5) is 0 Å². The van der Waals surface area contributed by atoms with Crippen LogP contribution in [-0.4, -0.2) is 53.0 Å². The summed E-state index contributed by atoms with van der Waals surface area (Å²) in [7, 11) is 0. The van der Waals surface area contributed by atoms with Gasteiger partial charge >= 0.3 is 0 Å². The summed E-state index contributed by atoms with van der Waals surface area (Å²) in [6.45, 7) is 6.91. The molecular formula is C16H26N4O2. The van der Waals surface area contributed by atoms with Gasteiger partial charge in [-0.25, -0.2) is 4.68 Å². The van der Waals surface area contributed by atoms with Crippen molar-refractivity contribution in [3.8, 4) is 0 Å². The SMILES string of the molecule is CC(C)Cc1cn(C2COC3C(NCC4CC4)COC32)nn1. The molecule has 1 N–H and O–H groups in total. The minimum Gasteiger partial charge on any atom is -0.371 e. The van der Waals surface area contributed by atoms with E-state index in [0.717, 1.165) is 31.2 Å². The van der Waals surface area contributed by atoms with Gasteiger partial charge in [-0.05, 0) is 37.6 Å². The summed E-state index contributed by atoms with van der Waals surface area (Å²) >= 11 is 0. The van der Waals surface area contributed by atoms with E-state index < -0.39 is 0 Å². The molecule has 4 unspecified atom stereocenters. The second-order valence-corrected chi connectivity index (χ2v) is 7.41. The van der Waals surface area contributed by atoms with Gasteiger partial charge in [-0.3, -0.25) is 0 Å². The molecule has 0 spiro atoms. The molecule has 3 heterocycles. The number of aromatic nitrogens is 3. The van der Waals surface area contributed by atoms with Crippen molar-refractivity contribution in [1.29, 1.82) is 0 Å². The van der Waals surface area contributed by atoms with E-state index >= 15 is 0 Å². The maximum Gasteiger partial charge on any atom is 0.110 e. The lowest BCUT2D eigenvalue weighted by Gasteiger charge is -2.17. The van der Waals surface area contributed by atoms with Crippen LogP contribution in [0.2, 0.25) is 0 Å². The Kier molecular flexibility index (Phi) is 3.92. The molecule has 3 fully saturated rings. The van der Waals surface area contributed by atoms with E-state index in [9.17, 15) is 0 Å². The van der Waals surface area contributed by atoms with Crippen LogP contribution in [-0.2, 0) is 15.9 Å². The molecule has 1 aromatic heterocycles. The number of nitrogens with one attached hydrogen (secondary N) is 1. The maximum atomic E-state index is 6.02. The highest BCUT2D eigenvalue weighted by atomic mass is 16.6. The molecule has 0 amide bonds. The van der Waals surface area contributed by atoms with Crippen LogP contribution in [0.1, 0.15) is 38.4 Å². The van der Waals surface area contributed by atoms with Crippen molar-refractivity contribution in [3.63, 3.8) is 0 Å². The maximum absolute atomic E-state index is 6.02. The van der Waals surface area contributed by atoms with Crippen molar-refractivity contribution < 1.29 is 9.47 Å². The number of fused-ring (bicyclic) bond motifs is 1. The van der Waals surface area contributed by atoms with Gasteiger partial charge in [-0.2, -0.15) is 0 Å². The van der Waals surface area contributed by atoms with Crippen molar-refractivity contribution in [1.82, 2.24) is 20.3 Å². The fourth-order valence-electron chi connectivity index (χ4n) is 3.51. The van der Waals surface area contributed by atoms with Crippen molar-refractivity contribution >= 4 is 0 Å². The highest BCUT2D eigenvalue weighted by Gasteiger charge is 2.48. The standard InChI is InChI=1S/C16H26N4O2/c1-10(2)5-12-7-20(19-18-12)14-9-22-15-13(8-21-16(14)15)17-6-11-3-4-11/h7,10-11,13-17H,3-6,8-9H2,1-2H3. The molecule has 0 aromatic carbocycles. The van der Waals surface area contributed by atoms with E-state index in [1.165, 1.54) is 12.8 Å². The van der Waals surface area contributed by atoms with Gasteiger partial charge in [0.05, 0.1) is 24.9 Å². The zero-order valence-corrected chi connectivity index (χ0v) is 13.4. The van der Waals surface area contributed by atoms with Gasteiger partial charge < -0.3 is 14.8 Å². The molecule has 4 atom stereocenters. The fourth-order valence-corrected chi connectivity index (χ4v) is 3.51. The summed E-state index contributed by atoms with van der Waals surface area (Å²) in [6, 6.07) is 0.486. The summed E-state index contributed by atoms with van der Waals surface area (Å²) in [6.07, 6.45) is 6.02. The molecule has 2 aliphatic heterocycles. The summed E-state index contributed by atoms with van der Waals surface area (Å²) in [5.41, 5.74) is 1.06. The van der Waals surface area contributed by atoms with E-state index in [1.54, 1.807) is 0 Å². The third-order valence-corrected chi connectivity index (χ3v) is 4.91. The van der Waals surface area contributed by atoms with Crippen molar-refractivity contribution in [2.45, 2.75) is 57.4 Å². The molecule has 122 valence electrons. The molecule has 1 saturated carbocycles. The highest BCUT2D eigenvalue weighted by Crippen LogP contribution is 2.35. The molecule has 0 bridgehead atoms. The lowest BCUT2D eigenvalue weighted by molar-refractivity contribution is 0.0620. The Morgan fingerprint density at radius 1 is 1.27 bits per heavy atom. The molecule has 1 aromatic rings. The van der Waals surface area contributed by atoms with Crippen molar-refractivity contribution in [3.05, 3.63) is 11.9 Å². The molecule has 2 saturated heterocycles. The first-order valence-electron chi connectivity index (χ1n) is 8.58. The molecule has 6 heteroatoms. The third-order valence-electron chi connectivity index (χ3n) is 4.91. The average Bonchev–Trinajstić information content (AvgIpc) is 2.88. The summed E-state index contributed by atoms with van der Waals surface area (Å²) in [5, 5.41) is 12.2. The normalized spacial score (nSPS) is 34.5. The van der Waals surface area contributed by atoms with Crippen LogP contribution >= 0.6 is 0 Å². The minimum absolute atomic E-state index is 0.102. The third kappa shape index (κ3) is 2.92. The zero-order valence-electron chi connectivity index (χ0n) is 13.4. The van der Waals surface area contributed by atoms with E-state index in [2.05, 4.69) is 35.7 Å². The number of rotatable bonds is 6. The summed E-state index contributed by atoms with van der Waals surface area (Å²) in [4.78, 5) is 0. The predicted octanol–water partition coefficient (Wildman–Crippen LogP) is 1.18.